The highest BCUT2D eigenvalue weighted by Crippen LogP contribution is 2.37. The van der Waals surface area contributed by atoms with Gasteiger partial charge in [-0.25, -0.2) is 0 Å². The van der Waals surface area contributed by atoms with Crippen LogP contribution in [0.5, 0.6) is 5.75 Å². The number of hydrogen-bond donors (Lipinski definition) is 2. The fraction of sp³-hybridized carbons (Fsp3) is 0.533. The highest BCUT2D eigenvalue weighted by Gasteiger charge is 2.35. The monoisotopic (exact) mass is 262 g/mol. The van der Waals surface area contributed by atoms with Crippen LogP contribution in [-0.4, -0.2) is 19.1 Å². The first kappa shape index (κ1) is 13.7. The molecule has 0 heterocycles. The topological polar surface area (TPSA) is 64.3 Å². The van der Waals surface area contributed by atoms with Gasteiger partial charge in [0.15, 0.2) is 0 Å². The molecule has 1 fully saturated rings. The summed E-state index contributed by atoms with van der Waals surface area (Å²) in [6.45, 7) is 4.40. The third-order valence-electron chi connectivity index (χ3n) is 4.03. The SMILES string of the molecule is COc1cc(N)ccc1C(=O)NC1CCCC1(C)C. The Hall–Kier alpha value is -1.71. The summed E-state index contributed by atoms with van der Waals surface area (Å²) in [7, 11) is 1.55. The van der Waals surface area contributed by atoms with E-state index in [1.807, 2.05) is 0 Å². The molecule has 0 bridgehead atoms. The molecule has 0 saturated heterocycles. The largest absolute Gasteiger partial charge is 0.496 e. The summed E-state index contributed by atoms with van der Waals surface area (Å²) in [5, 5.41) is 3.12. The van der Waals surface area contributed by atoms with Crippen LogP contribution in [0, 0.1) is 5.41 Å². The van der Waals surface area contributed by atoms with Crippen LogP contribution in [0.2, 0.25) is 0 Å². The highest BCUT2D eigenvalue weighted by atomic mass is 16.5. The highest BCUT2D eigenvalue weighted by molar-refractivity contribution is 5.97. The molecule has 104 valence electrons. The number of ether oxygens (including phenoxy) is 1. The fourth-order valence-electron chi connectivity index (χ4n) is 2.73. The predicted octanol–water partition coefficient (Wildman–Crippen LogP) is 2.59. The van der Waals surface area contributed by atoms with Gasteiger partial charge in [-0.2, -0.15) is 0 Å². The second kappa shape index (κ2) is 5.11. The third-order valence-corrected chi connectivity index (χ3v) is 4.03. The second-order valence-corrected chi connectivity index (χ2v) is 5.87. The zero-order chi connectivity index (χ0) is 14.0. The van der Waals surface area contributed by atoms with Gasteiger partial charge in [0.05, 0.1) is 12.7 Å². The van der Waals surface area contributed by atoms with E-state index < -0.39 is 0 Å². The molecular weight excluding hydrogens is 240 g/mol. The van der Waals surface area contributed by atoms with E-state index in [0.29, 0.717) is 17.0 Å². The maximum Gasteiger partial charge on any atom is 0.255 e. The average Bonchev–Trinajstić information content (AvgIpc) is 2.68. The quantitative estimate of drug-likeness (QED) is 0.823. The van der Waals surface area contributed by atoms with Gasteiger partial charge in [-0.3, -0.25) is 4.79 Å². The van der Waals surface area contributed by atoms with Crippen molar-refractivity contribution < 1.29 is 9.53 Å². The van der Waals surface area contributed by atoms with Crippen LogP contribution < -0.4 is 15.8 Å². The molecule has 4 nitrogen and oxygen atoms in total. The number of carbonyl (C=O) groups excluding carboxylic acids is 1. The van der Waals surface area contributed by atoms with Crippen LogP contribution in [0.4, 0.5) is 5.69 Å². The summed E-state index contributed by atoms with van der Waals surface area (Å²) in [4.78, 5) is 12.3. The number of benzene rings is 1. The number of rotatable bonds is 3. The molecule has 1 aliphatic carbocycles. The number of nitrogens with two attached hydrogens (primary N) is 1. The maximum atomic E-state index is 12.3. The molecule has 0 radical (unpaired) electrons. The molecule has 1 saturated carbocycles. The van der Waals surface area contributed by atoms with Gasteiger partial charge in [-0.1, -0.05) is 20.3 Å². The van der Waals surface area contributed by atoms with Gasteiger partial charge >= 0.3 is 0 Å². The van der Waals surface area contributed by atoms with Crippen LogP contribution in [-0.2, 0) is 0 Å². The van der Waals surface area contributed by atoms with Crippen LogP contribution in [0.1, 0.15) is 43.5 Å². The average molecular weight is 262 g/mol. The van der Waals surface area contributed by atoms with Gasteiger partial charge in [0.1, 0.15) is 5.75 Å². The van der Waals surface area contributed by atoms with Crippen LogP contribution >= 0.6 is 0 Å². The Morgan fingerprint density at radius 3 is 2.79 bits per heavy atom. The number of hydrogen-bond acceptors (Lipinski definition) is 3. The van der Waals surface area contributed by atoms with E-state index in [9.17, 15) is 4.79 Å². The standard InChI is InChI=1S/C15H22N2O2/c1-15(2)8-4-5-13(15)17-14(18)11-7-6-10(16)9-12(11)19-3/h6-7,9,13H,4-5,8,16H2,1-3H3,(H,17,18). The Morgan fingerprint density at radius 1 is 1.47 bits per heavy atom. The first-order valence-electron chi connectivity index (χ1n) is 6.68. The molecule has 1 aliphatic rings. The molecule has 1 atom stereocenters. The lowest BCUT2D eigenvalue weighted by atomic mass is 9.87. The lowest BCUT2D eigenvalue weighted by Gasteiger charge is -2.28. The number of nitrogens with one attached hydrogen (secondary N) is 1. The Labute approximate surface area is 114 Å². The van der Waals surface area contributed by atoms with Gasteiger partial charge in [-0.15, -0.1) is 0 Å². The molecule has 1 aromatic carbocycles. The first-order chi connectivity index (χ1) is 8.94. The van der Waals surface area contributed by atoms with Crippen LogP contribution in [0.15, 0.2) is 18.2 Å². The van der Waals surface area contributed by atoms with E-state index in [1.165, 1.54) is 0 Å². The summed E-state index contributed by atoms with van der Waals surface area (Å²) in [6.07, 6.45) is 3.35. The number of amides is 1. The van der Waals surface area contributed by atoms with Crippen molar-refractivity contribution in [3.05, 3.63) is 23.8 Å². The molecule has 2 rings (SSSR count). The third kappa shape index (κ3) is 2.83. The van der Waals surface area contributed by atoms with Crippen LogP contribution in [0.25, 0.3) is 0 Å². The molecule has 3 N–H and O–H groups in total. The van der Waals surface area contributed by atoms with E-state index >= 15 is 0 Å². The number of nitrogen functional groups attached to an aromatic ring is 1. The zero-order valence-corrected chi connectivity index (χ0v) is 11.8. The van der Waals surface area contributed by atoms with Gasteiger partial charge in [0, 0.05) is 17.8 Å². The van der Waals surface area contributed by atoms with E-state index in [-0.39, 0.29) is 17.4 Å². The fourth-order valence-corrected chi connectivity index (χ4v) is 2.73. The summed E-state index contributed by atoms with van der Waals surface area (Å²) in [5.41, 5.74) is 6.99. The normalized spacial score (nSPS) is 21.1. The van der Waals surface area contributed by atoms with Crippen molar-refractivity contribution in [2.75, 3.05) is 12.8 Å². The lowest BCUT2D eigenvalue weighted by Crippen LogP contribution is -2.41. The molecule has 1 aromatic rings. The molecule has 1 amide bonds. The number of carbonyl (C=O) groups is 1. The number of anilines is 1. The smallest absolute Gasteiger partial charge is 0.255 e. The summed E-state index contributed by atoms with van der Waals surface area (Å²) in [6, 6.07) is 5.33. The number of methoxy groups -OCH3 is 1. The lowest BCUT2D eigenvalue weighted by molar-refractivity contribution is 0.0907. The second-order valence-electron chi connectivity index (χ2n) is 5.87. The van der Waals surface area contributed by atoms with Crippen molar-refractivity contribution in [3.63, 3.8) is 0 Å². The summed E-state index contributed by atoms with van der Waals surface area (Å²) >= 11 is 0. The maximum absolute atomic E-state index is 12.3. The summed E-state index contributed by atoms with van der Waals surface area (Å²) < 4.78 is 5.22. The molecule has 0 spiro atoms. The Balaban J connectivity index is 2.16. The Kier molecular flexibility index (Phi) is 3.69. The van der Waals surface area contributed by atoms with Crippen molar-refractivity contribution in [1.29, 1.82) is 0 Å². The van der Waals surface area contributed by atoms with Gasteiger partial charge < -0.3 is 15.8 Å². The molecule has 1 unspecified atom stereocenters. The van der Waals surface area contributed by atoms with Crippen molar-refractivity contribution in [3.8, 4) is 5.75 Å². The minimum absolute atomic E-state index is 0.0863. The van der Waals surface area contributed by atoms with Crippen molar-refractivity contribution in [2.24, 2.45) is 5.41 Å². The molecule has 0 aliphatic heterocycles. The first-order valence-corrected chi connectivity index (χ1v) is 6.68. The van der Waals surface area contributed by atoms with E-state index in [2.05, 4.69) is 19.2 Å². The zero-order valence-electron chi connectivity index (χ0n) is 11.8. The van der Waals surface area contributed by atoms with Gasteiger partial charge in [-0.05, 0) is 30.4 Å². The minimum Gasteiger partial charge on any atom is -0.496 e. The minimum atomic E-state index is -0.0863. The Bertz CT molecular complexity index is 483. The molecule has 19 heavy (non-hydrogen) atoms. The van der Waals surface area contributed by atoms with Crippen molar-refractivity contribution in [2.45, 2.75) is 39.2 Å². The van der Waals surface area contributed by atoms with Crippen molar-refractivity contribution in [1.82, 2.24) is 5.32 Å². The van der Waals surface area contributed by atoms with E-state index in [0.717, 1.165) is 19.3 Å². The molecular formula is C15H22N2O2. The van der Waals surface area contributed by atoms with Crippen molar-refractivity contribution >= 4 is 11.6 Å². The van der Waals surface area contributed by atoms with E-state index in [1.54, 1.807) is 25.3 Å². The summed E-state index contributed by atoms with van der Waals surface area (Å²) in [5.74, 6) is 0.435. The van der Waals surface area contributed by atoms with Gasteiger partial charge in [0.2, 0.25) is 0 Å². The van der Waals surface area contributed by atoms with Crippen LogP contribution in [0.3, 0.4) is 0 Å². The predicted molar refractivity (Wildman–Crippen MR) is 76.3 cm³/mol. The van der Waals surface area contributed by atoms with Gasteiger partial charge in [0.25, 0.3) is 5.91 Å². The Morgan fingerprint density at radius 2 is 2.21 bits per heavy atom. The molecule has 0 aromatic heterocycles. The molecule has 4 heteroatoms. The van der Waals surface area contributed by atoms with E-state index in [4.69, 9.17) is 10.5 Å².